The molecule has 0 spiro atoms. The fourth-order valence-electron chi connectivity index (χ4n) is 0.463. The summed E-state index contributed by atoms with van der Waals surface area (Å²) in [5.41, 5.74) is -0.0664. The van der Waals surface area contributed by atoms with Gasteiger partial charge in [-0.1, -0.05) is 29.8 Å². The van der Waals surface area contributed by atoms with Gasteiger partial charge in [0.1, 0.15) is 0 Å². The van der Waals surface area contributed by atoms with Crippen LogP contribution in [0.2, 0.25) is 0 Å². The van der Waals surface area contributed by atoms with E-state index in [-0.39, 0.29) is 5.41 Å². The van der Waals surface area contributed by atoms with Crippen molar-refractivity contribution in [3.05, 3.63) is 0 Å². The van der Waals surface area contributed by atoms with Gasteiger partial charge in [-0.05, 0) is 5.41 Å². The highest BCUT2D eigenvalue weighted by atomic mass is 79.9. The first kappa shape index (κ1) is 13.4. The standard InChI is InChI=1S/C7H17BrN2O2S/c1-7(2,5-8)6-9-13(11,12)10(3)4/h9H,5-6H2,1-4H3. The van der Waals surface area contributed by atoms with Gasteiger partial charge in [-0.2, -0.15) is 12.7 Å². The van der Waals surface area contributed by atoms with Gasteiger partial charge in [0.05, 0.1) is 0 Å². The molecule has 0 saturated heterocycles. The molecular formula is C7H17BrN2O2S. The third-order valence-corrected chi connectivity index (χ3v) is 4.56. The molecule has 0 aromatic rings. The number of rotatable bonds is 5. The molecular weight excluding hydrogens is 256 g/mol. The van der Waals surface area contributed by atoms with Gasteiger partial charge in [0.2, 0.25) is 0 Å². The highest BCUT2D eigenvalue weighted by Crippen LogP contribution is 2.16. The summed E-state index contributed by atoms with van der Waals surface area (Å²) in [6, 6.07) is 0. The van der Waals surface area contributed by atoms with Crippen molar-refractivity contribution >= 4 is 26.1 Å². The molecule has 0 rings (SSSR count). The minimum Gasteiger partial charge on any atom is -0.202 e. The Labute approximate surface area is 89.0 Å². The lowest BCUT2D eigenvalue weighted by atomic mass is 9.98. The highest BCUT2D eigenvalue weighted by molar-refractivity contribution is 9.09. The van der Waals surface area contributed by atoms with Gasteiger partial charge in [0, 0.05) is 26.0 Å². The summed E-state index contributed by atoms with van der Waals surface area (Å²) in [6.45, 7) is 4.40. The van der Waals surface area contributed by atoms with Gasteiger partial charge in [-0.15, -0.1) is 0 Å². The number of hydrogen-bond donors (Lipinski definition) is 1. The molecule has 80 valence electrons. The molecule has 0 amide bonds. The SMILES string of the molecule is CN(C)S(=O)(=O)NCC(C)(C)CBr. The number of nitrogens with zero attached hydrogens (tertiary/aromatic N) is 1. The summed E-state index contributed by atoms with van der Waals surface area (Å²) in [5, 5.41) is 0.760. The lowest BCUT2D eigenvalue weighted by Gasteiger charge is -2.23. The Morgan fingerprint density at radius 2 is 1.85 bits per heavy atom. The zero-order chi connectivity index (χ0) is 10.7. The van der Waals surface area contributed by atoms with E-state index in [0.717, 1.165) is 9.64 Å². The lowest BCUT2D eigenvalue weighted by molar-refractivity contribution is 0.410. The molecule has 0 aliphatic carbocycles. The maximum atomic E-state index is 11.3. The molecule has 0 radical (unpaired) electrons. The van der Waals surface area contributed by atoms with Crippen LogP contribution in [0.1, 0.15) is 13.8 Å². The predicted molar refractivity (Wildman–Crippen MR) is 58.2 cm³/mol. The molecule has 0 aromatic carbocycles. The van der Waals surface area contributed by atoms with Gasteiger partial charge < -0.3 is 0 Å². The minimum absolute atomic E-state index is 0.0664. The highest BCUT2D eigenvalue weighted by Gasteiger charge is 2.20. The largest absolute Gasteiger partial charge is 0.278 e. The van der Waals surface area contributed by atoms with Crippen molar-refractivity contribution < 1.29 is 8.42 Å². The Morgan fingerprint density at radius 3 is 2.15 bits per heavy atom. The molecule has 0 bridgehead atoms. The normalized spacial score (nSPS) is 13.7. The van der Waals surface area contributed by atoms with E-state index >= 15 is 0 Å². The number of hydrogen-bond acceptors (Lipinski definition) is 2. The van der Waals surface area contributed by atoms with Crippen LogP contribution in [-0.4, -0.2) is 38.7 Å². The van der Waals surface area contributed by atoms with E-state index < -0.39 is 10.2 Å². The molecule has 0 aromatic heterocycles. The monoisotopic (exact) mass is 272 g/mol. The van der Waals surface area contributed by atoms with E-state index in [0.29, 0.717) is 6.54 Å². The lowest BCUT2D eigenvalue weighted by Crippen LogP contribution is -2.41. The molecule has 4 nitrogen and oxygen atoms in total. The first-order valence-electron chi connectivity index (χ1n) is 3.94. The average Bonchev–Trinajstić information content (AvgIpc) is 2.01. The van der Waals surface area contributed by atoms with Crippen LogP contribution >= 0.6 is 15.9 Å². The van der Waals surface area contributed by atoms with Crippen molar-refractivity contribution in [1.29, 1.82) is 0 Å². The molecule has 0 saturated carbocycles. The molecule has 13 heavy (non-hydrogen) atoms. The van der Waals surface area contributed by atoms with E-state index in [2.05, 4.69) is 20.7 Å². The molecule has 0 aliphatic heterocycles. The molecule has 0 atom stereocenters. The van der Waals surface area contributed by atoms with Crippen LogP contribution in [0.4, 0.5) is 0 Å². The Kier molecular flexibility index (Phi) is 4.85. The predicted octanol–water partition coefficient (Wildman–Crippen LogP) is 0.804. The van der Waals surface area contributed by atoms with E-state index in [1.165, 1.54) is 14.1 Å². The van der Waals surface area contributed by atoms with Gasteiger partial charge in [0.15, 0.2) is 0 Å². The van der Waals surface area contributed by atoms with Crippen molar-refractivity contribution in [2.24, 2.45) is 5.41 Å². The molecule has 0 unspecified atom stereocenters. The van der Waals surface area contributed by atoms with Crippen molar-refractivity contribution in [2.45, 2.75) is 13.8 Å². The van der Waals surface area contributed by atoms with Gasteiger partial charge in [-0.3, -0.25) is 0 Å². The van der Waals surface area contributed by atoms with Crippen LogP contribution in [0.15, 0.2) is 0 Å². The first-order valence-corrected chi connectivity index (χ1v) is 6.50. The van der Waals surface area contributed by atoms with Gasteiger partial charge in [0.25, 0.3) is 10.2 Å². The topological polar surface area (TPSA) is 49.4 Å². The van der Waals surface area contributed by atoms with Gasteiger partial charge in [-0.25, -0.2) is 4.72 Å². The number of alkyl halides is 1. The van der Waals surface area contributed by atoms with Crippen molar-refractivity contribution in [2.75, 3.05) is 26.0 Å². The smallest absolute Gasteiger partial charge is 0.202 e. The van der Waals surface area contributed by atoms with Crippen LogP contribution in [-0.2, 0) is 10.2 Å². The molecule has 0 heterocycles. The van der Waals surface area contributed by atoms with E-state index in [4.69, 9.17) is 0 Å². The minimum atomic E-state index is -3.28. The zero-order valence-corrected chi connectivity index (χ0v) is 10.9. The molecule has 0 fully saturated rings. The second kappa shape index (κ2) is 4.72. The van der Waals surface area contributed by atoms with Crippen LogP contribution < -0.4 is 4.72 Å². The number of halogens is 1. The maximum Gasteiger partial charge on any atom is 0.278 e. The third kappa shape index (κ3) is 4.95. The second-order valence-corrected chi connectivity index (χ2v) is 6.44. The van der Waals surface area contributed by atoms with E-state index in [1.54, 1.807) is 0 Å². The van der Waals surface area contributed by atoms with Crippen LogP contribution in [0.25, 0.3) is 0 Å². The Morgan fingerprint density at radius 1 is 1.38 bits per heavy atom. The Hall–Kier alpha value is 0.350. The zero-order valence-electron chi connectivity index (χ0n) is 8.46. The Balaban J connectivity index is 4.19. The summed E-state index contributed by atoms with van der Waals surface area (Å²) < 4.78 is 26.3. The third-order valence-electron chi connectivity index (χ3n) is 1.58. The van der Waals surface area contributed by atoms with E-state index in [9.17, 15) is 8.42 Å². The summed E-state index contributed by atoms with van der Waals surface area (Å²) in [4.78, 5) is 0. The fourth-order valence-corrected chi connectivity index (χ4v) is 1.49. The number of nitrogens with one attached hydrogen (secondary N) is 1. The van der Waals surface area contributed by atoms with Crippen molar-refractivity contribution in [1.82, 2.24) is 9.03 Å². The van der Waals surface area contributed by atoms with Crippen LogP contribution in [0, 0.1) is 5.41 Å². The van der Waals surface area contributed by atoms with Crippen LogP contribution in [0.5, 0.6) is 0 Å². The summed E-state index contributed by atoms with van der Waals surface area (Å²) in [6.07, 6.45) is 0. The van der Waals surface area contributed by atoms with E-state index in [1.807, 2.05) is 13.8 Å². The van der Waals surface area contributed by atoms with Crippen molar-refractivity contribution in [3.63, 3.8) is 0 Å². The second-order valence-electron chi connectivity index (χ2n) is 3.91. The van der Waals surface area contributed by atoms with Crippen LogP contribution in [0.3, 0.4) is 0 Å². The summed E-state index contributed by atoms with van der Waals surface area (Å²) >= 11 is 3.33. The van der Waals surface area contributed by atoms with Crippen molar-refractivity contribution in [3.8, 4) is 0 Å². The average molecular weight is 273 g/mol. The summed E-state index contributed by atoms with van der Waals surface area (Å²) in [7, 11) is -0.272. The molecule has 0 aliphatic rings. The maximum absolute atomic E-state index is 11.3. The first-order chi connectivity index (χ1) is 5.71. The Bertz CT molecular complexity index is 249. The molecule has 1 N–H and O–H groups in total. The quantitative estimate of drug-likeness (QED) is 0.753. The summed E-state index contributed by atoms with van der Waals surface area (Å²) in [5.74, 6) is 0. The fraction of sp³-hybridized carbons (Fsp3) is 1.00. The van der Waals surface area contributed by atoms with Gasteiger partial charge >= 0.3 is 0 Å². The molecule has 6 heteroatoms.